The van der Waals surface area contributed by atoms with E-state index in [1.54, 1.807) is 7.11 Å². The monoisotopic (exact) mass is 315 g/mol. The Labute approximate surface area is 130 Å². The van der Waals surface area contributed by atoms with Crippen molar-refractivity contribution in [3.63, 3.8) is 0 Å². The molecule has 0 bridgehead atoms. The lowest BCUT2D eigenvalue weighted by molar-refractivity contribution is 0.0607. The van der Waals surface area contributed by atoms with Gasteiger partial charge in [-0.05, 0) is 26.1 Å². The molecule has 0 aromatic carbocycles. The van der Waals surface area contributed by atoms with Crippen LogP contribution in [0.4, 0.5) is 10.7 Å². The van der Waals surface area contributed by atoms with Crippen LogP contribution in [0.2, 0.25) is 0 Å². The van der Waals surface area contributed by atoms with E-state index in [0.717, 1.165) is 37.6 Å². The first-order valence-corrected chi connectivity index (χ1v) is 7.91. The van der Waals surface area contributed by atoms with Crippen LogP contribution < -0.4 is 15.8 Å². The Balaban J connectivity index is 2.64. The number of nitrogens with two attached hydrogens (primary N) is 1. The predicted molar refractivity (Wildman–Crippen MR) is 87.5 cm³/mol. The summed E-state index contributed by atoms with van der Waals surface area (Å²) < 4.78 is 9.99. The Morgan fingerprint density at radius 3 is 2.52 bits per heavy atom. The van der Waals surface area contributed by atoms with Gasteiger partial charge in [0.1, 0.15) is 15.6 Å². The maximum Gasteiger partial charge on any atom is 0.350 e. The average molecular weight is 315 g/mol. The molecule has 0 atom stereocenters. The highest BCUT2D eigenvalue weighted by molar-refractivity contribution is 7.19. The summed E-state index contributed by atoms with van der Waals surface area (Å²) in [5.74, 6) is 0.0789. The summed E-state index contributed by atoms with van der Waals surface area (Å²) in [4.78, 5) is 14.4. The van der Waals surface area contributed by atoms with Gasteiger partial charge in [0.2, 0.25) is 0 Å². The number of carbonyl (C=O) groups excluding carboxylic acids is 1. The molecule has 0 fully saturated rings. The van der Waals surface area contributed by atoms with Crippen LogP contribution >= 0.6 is 11.3 Å². The number of anilines is 2. The minimum absolute atomic E-state index is 0.334. The number of hydrogen-bond acceptors (Lipinski definition) is 7. The van der Waals surface area contributed by atoms with Gasteiger partial charge in [-0.1, -0.05) is 13.8 Å². The number of nitrogen functional groups attached to an aromatic ring is 1. The van der Waals surface area contributed by atoms with Crippen molar-refractivity contribution in [2.75, 3.05) is 51.4 Å². The van der Waals surface area contributed by atoms with Gasteiger partial charge in [0.25, 0.3) is 0 Å². The van der Waals surface area contributed by atoms with Gasteiger partial charge >= 0.3 is 5.97 Å². The third-order valence-corrected chi connectivity index (χ3v) is 4.43. The number of nitrogens with one attached hydrogen (secondary N) is 1. The van der Waals surface area contributed by atoms with Crippen molar-refractivity contribution in [1.29, 1.82) is 0 Å². The Morgan fingerprint density at radius 1 is 1.33 bits per heavy atom. The number of nitrogens with zero attached hydrogens (tertiary/aromatic N) is 1. The highest BCUT2D eigenvalue weighted by atomic mass is 32.1. The van der Waals surface area contributed by atoms with Gasteiger partial charge in [-0.2, -0.15) is 0 Å². The second-order valence-electron chi connectivity index (χ2n) is 4.51. The maximum atomic E-state index is 11.6. The largest absolute Gasteiger partial charge is 0.492 e. The summed E-state index contributed by atoms with van der Waals surface area (Å²) in [6.45, 7) is 8.25. The summed E-state index contributed by atoms with van der Waals surface area (Å²) >= 11 is 1.26. The van der Waals surface area contributed by atoms with E-state index in [4.69, 9.17) is 15.2 Å². The summed E-state index contributed by atoms with van der Waals surface area (Å²) in [6.07, 6.45) is 1.01. The number of rotatable bonds is 9. The predicted octanol–water partition coefficient (Wildman–Crippen LogP) is 2.27. The molecule has 0 unspecified atom stereocenters. The zero-order valence-electron chi connectivity index (χ0n) is 13.2. The van der Waals surface area contributed by atoms with Crippen molar-refractivity contribution >= 4 is 28.0 Å². The standard InChI is InChI=1S/C14H25N3O3S/c1-5-17(6-2)9-7-8-16-13-11(19-3)10(15)12(21-13)14(18)20-4/h16H,5-9,15H2,1-4H3. The number of ether oxygens (including phenoxy) is 2. The number of hydrogen-bond donors (Lipinski definition) is 2. The average Bonchev–Trinajstić information content (AvgIpc) is 2.82. The molecule has 1 rings (SSSR count). The van der Waals surface area contributed by atoms with E-state index >= 15 is 0 Å². The minimum Gasteiger partial charge on any atom is -0.492 e. The van der Waals surface area contributed by atoms with Crippen molar-refractivity contribution < 1.29 is 14.3 Å². The molecule has 0 saturated heterocycles. The molecular formula is C14H25N3O3S. The summed E-state index contributed by atoms with van der Waals surface area (Å²) in [6, 6.07) is 0. The first-order chi connectivity index (χ1) is 10.1. The van der Waals surface area contributed by atoms with E-state index < -0.39 is 5.97 Å². The first-order valence-electron chi connectivity index (χ1n) is 7.09. The molecule has 0 aliphatic carbocycles. The van der Waals surface area contributed by atoms with Gasteiger partial charge < -0.3 is 25.4 Å². The van der Waals surface area contributed by atoms with E-state index in [1.165, 1.54) is 18.4 Å². The molecule has 120 valence electrons. The number of methoxy groups -OCH3 is 2. The summed E-state index contributed by atoms with van der Waals surface area (Å²) in [7, 11) is 2.88. The quantitative estimate of drug-likeness (QED) is 0.538. The molecule has 0 aliphatic heterocycles. The smallest absolute Gasteiger partial charge is 0.350 e. The zero-order chi connectivity index (χ0) is 15.8. The zero-order valence-corrected chi connectivity index (χ0v) is 14.0. The van der Waals surface area contributed by atoms with Crippen molar-refractivity contribution in [2.24, 2.45) is 0 Å². The fourth-order valence-electron chi connectivity index (χ4n) is 2.04. The van der Waals surface area contributed by atoms with Crippen molar-refractivity contribution in [3.8, 4) is 5.75 Å². The fraction of sp³-hybridized carbons (Fsp3) is 0.643. The highest BCUT2D eigenvalue weighted by Gasteiger charge is 2.22. The lowest BCUT2D eigenvalue weighted by Crippen LogP contribution is -2.25. The Morgan fingerprint density at radius 2 is 2.00 bits per heavy atom. The molecule has 1 aromatic rings. The van der Waals surface area contributed by atoms with E-state index in [9.17, 15) is 4.79 Å². The molecule has 21 heavy (non-hydrogen) atoms. The second-order valence-corrected chi connectivity index (χ2v) is 5.53. The van der Waals surface area contributed by atoms with Crippen molar-refractivity contribution in [2.45, 2.75) is 20.3 Å². The molecule has 0 spiro atoms. The van der Waals surface area contributed by atoms with Crippen LogP contribution in [0, 0.1) is 0 Å². The highest BCUT2D eigenvalue weighted by Crippen LogP contribution is 2.42. The van der Waals surface area contributed by atoms with E-state index in [1.807, 2.05) is 0 Å². The molecule has 6 nitrogen and oxygen atoms in total. The van der Waals surface area contributed by atoms with Crippen LogP contribution in [-0.2, 0) is 4.74 Å². The van der Waals surface area contributed by atoms with Crippen LogP contribution in [0.3, 0.4) is 0 Å². The van der Waals surface area contributed by atoms with Crippen LogP contribution in [0.15, 0.2) is 0 Å². The van der Waals surface area contributed by atoms with E-state index in [0.29, 0.717) is 16.3 Å². The van der Waals surface area contributed by atoms with Gasteiger partial charge in [0.05, 0.1) is 14.2 Å². The van der Waals surface area contributed by atoms with E-state index in [2.05, 4.69) is 24.1 Å². The van der Waals surface area contributed by atoms with Crippen LogP contribution in [-0.4, -0.2) is 51.3 Å². The van der Waals surface area contributed by atoms with Crippen LogP contribution in [0.25, 0.3) is 0 Å². The van der Waals surface area contributed by atoms with Gasteiger partial charge in [-0.25, -0.2) is 4.79 Å². The molecule has 7 heteroatoms. The third-order valence-electron chi connectivity index (χ3n) is 3.31. The first kappa shape index (κ1) is 17.6. The van der Waals surface area contributed by atoms with Gasteiger partial charge in [0.15, 0.2) is 5.75 Å². The topological polar surface area (TPSA) is 76.8 Å². The molecular weight excluding hydrogens is 290 g/mol. The lowest BCUT2D eigenvalue weighted by atomic mass is 10.3. The van der Waals surface area contributed by atoms with Gasteiger partial charge in [-0.3, -0.25) is 0 Å². The number of esters is 1. The number of carbonyl (C=O) groups is 1. The Kier molecular flexibility index (Phi) is 7.31. The molecule has 0 amide bonds. The molecule has 3 N–H and O–H groups in total. The van der Waals surface area contributed by atoms with Crippen LogP contribution in [0.1, 0.15) is 29.9 Å². The van der Waals surface area contributed by atoms with E-state index in [-0.39, 0.29) is 0 Å². The molecule has 0 aliphatic rings. The maximum absolute atomic E-state index is 11.6. The SMILES string of the molecule is CCN(CC)CCCNc1sc(C(=O)OC)c(N)c1OC. The molecule has 1 heterocycles. The van der Waals surface area contributed by atoms with Crippen LogP contribution in [0.5, 0.6) is 5.75 Å². The molecule has 0 radical (unpaired) electrons. The molecule has 0 saturated carbocycles. The second kappa shape index (κ2) is 8.74. The molecule has 1 aromatic heterocycles. The third kappa shape index (κ3) is 4.50. The Hall–Kier alpha value is -1.47. The normalized spacial score (nSPS) is 10.7. The van der Waals surface area contributed by atoms with Gasteiger partial charge in [-0.15, -0.1) is 11.3 Å². The minimum atomic E-state index is -0.438. The summed E-state index contributed by atoms with van der Waals surface area (Å²) in [5, 5.41) is 4.06. The van der Waals surface area contributed by atoms with Gasteiger partial charge in [0, 0.05) is 6.54 Å². The Bertz CT molecular complexity index is 459. The fourth-order valence-corrected chi connectivity index (χ4v) is 3.07. The lowest BCUT2D eigenvalue weighted by Gasteiger charge is -2.17. The van der Waals surface area contributed by atoms with Crippen molar-refractivity contribution in [1.82, 2.24) is 4.90 Å². The number of thiophene rings is 1. The summed E-state index contributed by atoms with van der Waals surface area (Å²) in [5.41, 5.74) is 6.26. The van der Waals surface area contributed by atoms with Crippen molar-refractivity contribution in [3.05, 3.63) is 4.88 Å².